The van der Waals surface area contributed by atoms with E-state index in [9.17, 15) is 22.4 Å². The lowest BCUT2D eigenvalue weighted by atomic mass is 10.1. The number of fused-ring (bicyclic) bond motifs is 1. The maximum atomic E-state index is 14.2. The Morgan fingerprint density at radius 2 is 1.78 bits per heavy atom. The number of Topliss-reactive ketones (excluding diaryl/α,β-unsaturated/α-hetero) is 1. The number of carbonyl (C=O) groups excluding carboxylic acids is 2. The molecule has 2 aromatic carbocycles. The van der Waals surface area contributed by atoms with Crippen LogP contribution in [0.3, 0.4) is 0 Å². The first-order valence-corrected chi connectivity index (χ1v) is 11.7. The highest BCUT2D eigenvalue weighted by atomic mass is 32.2. The van der Waals surface area contributed by atoms with Crippen molar-refractivity contribution in [2.45, 2.75) is 26.2 Å². The van der Waals surface area contributed by atoms with E-state index in [2.05, 4.69) is 0 Å². The van der Waals surface area contributed by atoms with Crippen molar-refractivity contribution in [2.75, 3.05) is 30.4 Å². The van der Waals surface area contributed by atoms with E-state index in [4.69, 9.17) is 14.2 Å². The molecule has 0 aromatic heterocycles. The first-order valence-electron chi connectivity index (χ1n) is 10.1. The minimum atomic E-state index is -4.06. The van der Waals surface area contributed by atoms with Gasteiger partial charge in [-0.1, -0.05) is 6.92 Å². The average molecular weight is 465 g/mol. The predicted molar refractivity (Wildman–Crippen MR) is 116 cm³/mol. The number of ketones is 1. The Hall–Kier alpha value is -3.14. The smallest absolute Gasteiger partial charge is 0.241 e. The van der Waals surface area contributed by atoms with Crippen LogP contribution in [0.25, 0.3) is 0 Å². The fourth-order valence-electron chi connectivity index (χ4n) is 3.27. The van der Waals surface area contributed by atoms with E-state index in [1.165, 1.54) is 25.3 Å². The number of amides is 1. The lowest BCUT2D eigenvalue weighted by Crippen LogP contribution is -2.38. The molecule has 8 nitrogen and oxygen atoms in total. The number of rotatable bonds is 9. The molecule has 0 bridgehead atoms. The van der Waals surface area contributed by atoms with Gasteiger partial charge in [-0.05, 0) is 36.8 Å². The van der Waals surface area contributed by atoms with Gasteiger partial charge in [-0.3, -0.25) is 9.59 Å². The monoisotopic (exact) mass is 465 g/mol. The summed E-state index contributed by atoms with van der Waals surface area (Å²) in [5, 5.41) is 0. The first kappa shape index (κ1) is 23.5. The molecule has 0 saturated heterocycles. The lowest BCUT2D eigenvalue weighted by Gasteiger charge is -2.23. The Morgan fingerprint density at radius 3 is 2.44 bits per heavy atom. The van der Waals surface area contributed by atoms with E-state index >= 15 is 0 Å². The van der Waals surface area contributed by atoms with Crippen molar-refractivity contribution >= 4 is 27.4 Å². The molecule has 0 saturated carbocycles. The zero-order valence-corrected chi connectivity index (χ0v) is 18.6. The number of nitrogens with zero attached hydrogens (tertiary/aromatic N) is 1. The van der Waals surface area contributed by atoms with Crippen LogP contribution < -0.4 is 18.5 Å². The second-order valence-electron chi connectivity index (χ2n) is 7.07. The summed E-state index contributed by atoms with van der Waals surface area (Å²) in [4.78, 5) is 25.5. The number of benzene rings is 2. The van der Waals surface area contributed by atoms with Crippen molar-refractivity contribution in [1.82, 2.24) is 0 Å². The molecule has 0 radical (unpaired) electrons. The SMILES string of the molecule is CCCS(=O)(=O)N(C(=O)CCC(=O)c1ccc2c(c1)OCCO2)c1ccc(OC)c(F)c1. The minimum absolute atomic E-state index is 0.0807. The third-order valence-electron chi connectivity index (χ3n) is 4.77. The van der Waals surface area contributed by atoms with Gasteiger partial charge in [-0.15, -0.1) is 0 Å². The van der Waals surface area contributed by atoms with Crippen molar-refractivity contribution in [2.24, 2.45) is 0 Å². The molecule has 3 rings (SSSR count). The Morgan fingerprint density at radius 1 is 1.06 bits per heavy atom. The Kier molecular flexibility index (Phi) is 7.34. The summed E-state index contributed by atoms with van der Waals surface area (Å²) in [6, 6.07) is 8.16. The number of anilines is 1. The van der Waals surface area contributed by atoms with Gasteiger partial charge in [0.1, 0.15) is 13.2 Å². The predicted octanol–water partition coefficient (Wildman–Crippen LogP) is 3.34. The standard InChI is InChI=1S/C22H24FNO7S/c1-3-12-32(27,28)24(16-5-8-19(29-2)17(23)14-16)22(26)9-6-18(25)15-4-7-20-21(13-15)31-11-10-30-20/h4-5,7-8,13-14H,3,6,9-12H2,1-2H3. The van der Waals surface area contributed by atoms with Crippen LogP contribution >= 0.6 is 0 Å². The summed E-state index contributed by atoms with van der Waals surface area (Å²) < 4.78 is 56.0. The molecule has 172 valence electrons. The quantitative estimate of drug-likeness (QED) is 0.524. The molecule has 0 N–H and O–H groups in total. The topological polar surface area (TPSA) is 99.2 Å². The van der Waals surface area contributed by atoms with E-state index in [1.54, 1.807) is 19.1 Å². The van der Waals surface area contributed by atoms with Gasteiger partial charge in [0.05, 0.1) is 18.6 Å². The molecule has 0 spiro atoms. The van der Waals surface area contributed by atoms with Crippen LogP contribution in [0.2, 0.25) is 0 Å². The number of hydrogen-bond donors (Lipinski definition) is 0. The molecule has 0 atom stereocenters. The van der Waals surface area contributed by atoms with Crippen LogP contribution in [0.5, 0.6) is 17.2 Å². The van der Waals surface area contributed by atoms with Crippen molar-refractivity contribution in [1.29, 1.82) is 0 Å². The summed E-state index contributed by atoms with van der Waals surface area (Å²) in [7, 11) is -2.78. The van der Waals surface area contributed by atoms with Gasteiger partial charge in [0.15, 0.2) is 28.8 Å². The summed E-state index contributed by atoms with van der Waals surface area (Å²) in [6.07, 6.45) is -0.333. The average Bonchev–Trinajstić information content (AvgIpc) is 2.77. The van der Waals surface area contributed by atoms with Gasteiger partial charge in [0.25, 0.3) is 0 Å². The molecule has 2 aromatic rings. The summed E-state index contributed by atoms with van der Waals surface area (Å²) >= 11 is 0. The molecule has 0 aliphatic carbocycles. The fraction of sp³-hybridized carbons (Fsp3) is 0.364. The molecule has 1 heterocycles. The Bertz CT molecular complexity index is 1120. The molecule has 0 unspecified atom stereocenters. The number of hydrogen-bond acceptors (Lipinski definition) is 7. The second-order valence-corrected chi connectivity index (χ2v) is 9.01. The Labute approximate surface area is 185 Å². The van der Waals surface area contributed by atoms with Crippen molar-refractivity contribution in [3.8, 4) is 17.2 Å². The normalized spacial score (nSPS) is 12.8. The first-order chi connectivity index (χ1) is 15.3. The van der Waals surface area contributed by atoms with Crippen LogP contribution in [0.4, 0.5) is 10.1 Å². The molecule has 1 aliphatic rings. The van der Waals surface area contributed by atoms with E-state index in [0.717, 1.165) is 6.07 Å². The molecule has 1 aliphatic heterocycles. The number of ether oxygens (including phenoxy) is 3. The van der Waals surface area contributed by atoms with E-state index < -0.39 is 21.7 Å². The number of methoxy groups -OCH3 is 1. The molecule has 0 fully saturated rings. The number of sulfonamides is 1. The fourth-order valence-corrected chi connectivity index (χ4v) is 4.81. The number of halogens is 1. The van der Waals surface area contributed by atoms with Gasteiger partial charge in [0, 0.05) is 24.5 Å². The van der Waals surface area contributed by atoms with Gasteiger partial charge in [-0.2, -0.15) is 0 Å². The van der Waals surface area contributed by atoms with Crippen LogP contribution in [-0.2, 0) is 14.8 Å². The van der Waals surface area contributed by atoms with Crippen molar-refractivity contribution < 1.29 is 36.6 Å². The molecule has 1 amide bonds. The summed E-state index contributed by atoms with van der Waals surface area (Å²) in [6.45, 7) is 2.44. The van der Waals surface area contributed by atoms with Gasteiger partial charge >= 0.3 is 0 Å². The second kappa shape index (κ2) is 9.99. The van der Waals surface area contributed by atoms with Crippen LogP contribution in [-0.4, -0.2) is 46.2 Å². The molecule has 10 heteroatoms. The summed E-state index contributed by atoms with van der Waals surface area (Å²) in [5.74, 6) is -1.40. The highest BCUT2D eigenvalue weighted by molar-refractivity contribution is 7.93. The maximum absolute atomic E-state index is 14.2. The largest absolute Gasteiger partial charge is 0.494 e. The molecule has 32 heavy (non-hydrogen) atoms. The van der Waals surface area contributed by atoms with Gasteiger partial charge in [0.2, 0.25) is 15.9 Å². The van der Waals surface area contributed by atoms with Crippen LogP contribution in [0.1, 0.15) is 36.5 Å². The van der Waals surface area contributed by atoms with Gasteiger partial charge < -0.3 is 14.2 Å². The van der Waals surface area contributed by atoms with E-state index in [1.807, 2.05) is 0 Å². The zero-order valence-electron chi connectivity index (χ0n) is 17.8. The van der Waals surface area contributed by atoms with Crippen molar-refractivity contribution in [3.05, 3.63) is 47.8 Å². The van der Waals surface area contributed by atoms with Gasteiger partial charge in [-0.25, -0.2) is 17.1 Å². The Balaban J connectivity index is 1.79. The molecular weight excluding hydrogens is 441 g/mol. The third-order valence-corrected chi connectivity index (χ3v) is 6.66. The highest BCUT2D eigenvalue weighted by Crippen LogP contribution is 2.31. The zero-order chi connectivity index (χ0) is 23.3. The summed E-state index contributed by atoms with van der Waals surface area (Å²) in [5.41, 5.74) is 0.175. The maximum Gasteiger partial charge on any atom is 0.241 e. The van der Waals surface area contributed by atoms with E-state index in [0.29, 0.717) is 34.6 Å². The third kappa shape index (κ3) is 5.18. The highest BCUT2D eigenvalue weighted by Gasteiger charge is 2.29. The van der Waals surface area contributed by atoms with E-state index in [-0.39, 0.29) is 42.2 Å². The lowest BCUT2D eigenvalue weighted by molar-refractivity contribution is -0.117. The number of carbonyl (C=O) groups is 2. The van der Waals surface area contributed by atoms with Crippen molar-refractivity contribution in [3.63, 3.8) is 0 Å². The van der Waals surface area contributed by atoms with Crippen LogP contribution in [0.15, 0.2) is 36.4 Å². The molecular formula is C22H24FNO7S. The van der Waals surface area contributed by atoms with Crippen LogP contribution in [0, 0.1) is 5.82 Å². The minimum Gasteiger partial charge on any atom is -0.494 e.